The van der Waals surface area contributed by atoms with Gasteiger partial charge in [-0.05, 0) is 87.6 Å². The van der Waals surface area contributed by atoms with Gasteiger partial charge in [-0.15, -0.1) is 5.10 Å². The second-order valence-corrected chi connectivity index (χ2v) is 27.7. The Morgan fingerprint density at radius 2 is 1.81 bits per heavy atom. The Kier molecular flexibility index (Phi) is 13.4. The number of aliphatic hydroxyl groups excluding tert-OH is 1. The monoisotopic (exact) mass is 897 g/mol. The van der Waals surface area contributed by atoms with Gasteiger partial charge >= 0.3 is 6.09 Å². The van der Waals surface area contributed by atoms with Gasteiger partial charge in [0.2, 0.25) is 5.28 Å². The summed E-state index contributed by atoms with van der Waals surface area (Å²) in [5.74, 6) is -0.558. The van der Waals surface area contributed by atoms with Crippen molar-refractivity contribution >= 4 is 61.4 Å². The van der Waals surface area contributed by atoms with Crippen LogP contribution in [0, 0.1) is 0 Å². The Morgan fingerprint density at radius 1 is 1.10 bits per heavy atom. The maximum absolute atomic E-state index is 14.0. The lowest BCUT2D eigenvalue weighted by atomic mass is 10.1. The number of carbonyl (C=O) groups excluding carboxylic acids is 1. The molecule has 2 saturated heterocycles. The summed E-state index contributed by atoms with van der Waals surface area (Å²) in [6.45, 7) is 18.6. The minimum absolute atomic E-state index is 0.000701. The second-order valence-electron chi connectivity index (χ2n) is 17.8. The van der Waals surface area contributed by atoms with Crippen molar-refractivity contribution in [1.29, 1.82) is 0 Å². The lowest BCUT2D eigenvalue weighted by Crippen LogP contribution is -2.44. The molecule has 0 saturated carbocycles. The van der Waals surface area contributed by atoms with E-state index in [1.54, 1.807) is 66.1 Å². The topological polar surface area (TPSA) is 200 Å². The van der Waals surface area contributed by atoms with Gasteiger partial charge in [-0.2, -0.15) is 15.1 Å². The molecule has 1 N–H and O–H groups in total. The standard InChI is InChI=1S/C37H54Cl2N9O9PSi/c1-35(2,3)57-34(50)46(19-23-13-11-12-14-25(23)38)30-24-18-40-48(31(24)42-33(39)41-30)32-29-28(55-36(4,5)56-29)26(54-32)20-53-37(21-49,58(6,7)51)17-27-43-44-45-47(27)22-52-15-16-59(8,9)10/h11-14,18,26,28-29,32,49H,15-17,19-22H2,1-10H3/t26-,28-,29-,32-,37+/m1/s1. The first-order valence-electron chi connectivity index (χ1n) is 19.3. The molecule has 1 amide bonds. The Morgan fingerprint density at radius 3 is 2.47 bits per heavy atom. The fourth-order valence-corrected chi connectivity index (χ4v) is 9.10. The zero-order valence-corrected chi connectivity index (χ0v) is 38.5. The normalized spacial score (nSPS) is 21.8. The van der Waals surface area contributed by atoms with Crippen LogP contribution in [0.15, 0.2) is 30.5 Å². The number of fused-ring (bicyclic) bond motifs is 2. The van der Waals surface area contributed by atoms with Crippen molar-refractivity contribution in [2.24, 2.45) is 0 Å². The largest absolute Gasteiger partial charge is 0.443 e. The molecule has 2 aliphatic heterocycles. The Labute approximate surface area is 354 Å². The summed E-state index contributed by atoms with van der Waals surface area (Å²) in [4.78, 5) is 24.1. The van der Waals surface area contributed by atoms with Gasteiger partial charge < -0.3 is 38.1 Å². The lowest BCUT2D eigenvalue weighted by molar-refractivity contribution is -0.206. The highest BCUT2D eigenvalue weighted by Crippen LogP contribution is 2.54. The van der Waals surface area contributed by atoms with E-state index in [9.17, 15) is 14.5 Å². The van der Waals surface area contributed by atoms with Crippen molar-refractivity contribution in [2.75, 3.05) is 38.1 Å². The highest BCUT2D eigenvalue weighted by Gasteiger charge is 2.57. The molecular formula is C37H54Cl2N9O9PSi. The average Bonchev–Trinajstić information content (AvgIpc) is 3.89. The molecule has 59 heavy (non-hydrogen) atoms. The number of rotatable bonds is 16. The van der Waals surface area contributed by atoms with Crippen LogP contribution in [-0.2, 0) is 52.7 Å². The smallest absolute Gasteiger partial charge is 0.416 e. The third-order valence-corrected chi connectivity index (χ3v) is 14.6. The summed E-state index contributed by atoms with van der Waals surface area (Å²) in [5, 5.41) is 26.7. The first kappa shape index (κ1) is 45.4. The quantitative estimate of drug-likeness (QED) is 0.0563. The first-order chi connectivity index (χ1) is 27.5. The maximum Gasteiger partial charge on any atom is 0.416 e. The summed E-state index contributed by atoms with van der Waals surface area (Å²) >= 11 is 13.1. The maximum atomic E-state index is 14.0. The molecule has 18 nitrogen and oxygen atoms in total. The number of hydrogen-bond donors (Lipinski definition) is 1. The van der Waals surface area contributed by atoms with Crippen LogP contribution in [0.3, 0.4) is 0 Å². The predicted octanol–water partition coefficient (Wildman–Crippen LogP) is 6.36. The summed E-state index contributed by atoms with van der Waals surface area (Å²) in [5.41, 5.74) is 0.0460. The lowest BCUT2D eigenvalue weighted by Gasteiger charge is -2.36. The highest BCUT2D eigenvalue weighted by molar-refractivity contribution is 7.63. The third-order valence-electron chi connectivity index (χ3n) is 9.92. The van der Waals surface area contributed by atoms with E-state index in [-0.39, 0.29) is 43.1 Å². The highest BCUT2D eigenvalue weighted by atomic mass is 35.5. The van der Waals surface area contributed by atoms with Gasteiger partial charge in [0.05, 0.1) is 31.3 Å². The zero-order valence-electron chi connectivity index (χ0n) is 35.1. The van der Waals surface area contributed by atoms with Gasteiger partial charge in [0.1, 0.15) is 37.8 Å². The van der Waals surface area contributed by atoms with Crippen LogP contribution in [0.25, 0.3) is 11.0 Å². The van der Waals surface area contributed by atoms with Gasteiger partial charge in [0, 0.05) is 26.1 Å². The molecule has 324 valence electrons. The number of amides is 1. The van der Waals surface area contributed by atoms with Gasteiger partial charge in [-0.1, -0.05) is 49.4 Å². The van der Waals surface area contributed by atoms with Gasteiger partial charge in [0.15, 0.2) is 34.6 Å². The first-order valence-corrected chi connectivity index (χ1v) is 26.3. The molecular weight excluding hydrogens is 844 g/mol. The number of aliphatic hydroxyl groups is 1. The predicted molar refractivity (Wildman–Crippen MR) is 223 cm³/mol. The summed E-state index contributed by atoms with van der Waals surface area (Å²) in [6, 6.07) is 8.09. The molecule has 3 aromatic heterocycles. The molecule has 6 rings (SSSR count). The van der Waals surface area contributed by atoms with E-state index in [2.05, 4.69) is 50.2 Å². The molecule has 1 aromatic carbocycles. The van der Waals surface area contributed by atoms with E-state index in [1.807, 2.05) is 6.07 Å². The molecule has 4 aromatic rings. The number of tetrazole rings is 1. The van der Waals surface area contributed by atoms with E-state index < -0.39 is 69.2 Å². The van der Waals surface area contributed by atoms with Crippen molar-refractivity contribution in [1.82, 2.24) is 40.0 Å². The molecule has 22 heteroatoms. The van der Waals surface area contributed by atoms with Crippen LogP contribution in [0.1, 0.15) is 52.2 Å². The zero-order chi connectivity index (χ0) is 43.1. The van der Waals surface area contributed by atoms with Crippen molar-refractivity contribution in [3.63, 3.8) is 0 Å². The Hall–Kier alpha value is -3.10. The molecule has 0 spiro atoms. The number of hydrogen-bond acceptors (Lipinski definition) is 15. The van der Waals surface area contributed by atoms with Crippen molar-refractivity contribution in [3.05, 3.63) is 52.2 Å². The van der Waals surface area contributed by atoms with Crippen molar-refractivity contribution in [2.45, 2.75) is 121 Å². The van der Waals surface area contributed by atoms with E-state index >= 15 is 0 Å². The van der Waals surface area contributed by atoms with Crippen LogP contribution < -0.4 is 4.90 Å². The van der Waals surface area contributed by atoms with Gasteiger partial charge in [-0.3, -0.25) is 4.90 Å². The van der Waals surface area contributed by atoms with Gasteiger partial charge in [-0.25, -0.2) is 14.2 Å². The molecule has 0 unspecified atom stereocenters. The fraction of sp³-hybridized carbons (Fsp3) is 0.649. The van der Waals surface area contributed by atoms with Crippen LogP contribution in [0.4, 0.5) is 10.6 Å². The molecule has 0 bridgehead atoms. The Bertz CT molecular complexity index is 2180. The molecule has 0 aliphatic carbocycles. The average molecular weight is 899 g/mol. The van der Waals surface area contributed by atoms with E-state index in [0.717, 1.165) is 6.04 Å². The van der Waals surface area contributed by atoms with Crippen LogP contribution in [0.2, 0.25) is 36.0 Å². The van der Waals surface area contributed by atoms with E-state index in [4.69, 9.17) is 51.6 Å². The molecule has 5 atom stereocenters. The number of benzene rings is 1. The summed E-state index contributed by atoms with van der Waals surface area (Å²) < 4.78 is 54.5. The molecule has 0 radical (unpaired) electrons. The van der Waals surface area contributed by atoms with Crippen LogP contribution in [-0.4, -0.2) is 127 Å². The number of ether oxygens (including phenoxy) is 6. The molecule has 2 aliphatic rings. The number of anilines is 1. The van der Waals surface area contributed by atoms with E-state index in [1.165, 1.54) is 20.5 Å². The van der Waals surface area contributed by atoms with Crippen molar-refractivity contribution < 1.29 is 42.9 Å². The minimum Gasteiger partial charge on any atom is -0.443 e. The fourth-order valence-electron chi connectivity index (χ4n) is 6.74. The van der Waals surface area contributed by atoms with Crippen LogP contribution in [0.5, 0.6) is 0 Å². The SMILES string of the molecule is CC(C)(C)OC(=O)N(Cc1ccccc1Cl)c1nc(Cl)nc2c1cnn2[C@@H]1O[C@H](CO[C@@](CO)(Cc2nnnn2COCC[Si](C)(C)C)P(C)(C)=O)[C@H]2OC(C)(C)O[C@H]21. The van der Waals surface area contributed by atoms with E-state index in [0.29, 0.717) is 28.4 Å². The number of carbonyl (C=O) groups is 1. The van der Waals surface area contributed by atoms with Crippen LogP contribution >= 0.6 is 30.3 Å². The number of nitrogens with zero attached hydrogens (tertiary/aromatic N) is 9. The second kappa shape index (κ2) is 17.3. The van der Waals surface area contributed by atoms with Gasteiger partial charge in [0.25, 0.3) is 0 Å². The summed E-state index contributed by atoms with van der Waals surface area (Å²) in [6.07, 6.45) is -2.43. The van der Waals surface area contributed by atoms with Crippen molar-refractivity contribution in [3.8, 4) is 0 Å². The summed E-state index contributed by atoms with van der Waals surface area (Å²) in [7, 11) is -4.57. The number of aromatic nitrogens is 8. The number of halogens is 2. The molecule has 5 heterocycles. The minimum atomic E-state index is -3.24. The third kappa shape index (κ3) is 10.5. The Balaban J connectivity index is 1.29. The molecule has 2 fully saturated rings.